The maximum Gasteiger partial charge on any atom is 0.335 e. The number of hydrogen-bond acceptors (Lipinski definition) is 4. The minimum Gasteiger partial charge on any atom is -0.480 e. The Balaban J connectivity index is 1.21. The van der Waals surface area contributed by atoms with Crippen LogP contribution >= 0.6 is 0 Å². The molecule has 5 heteroatoms. The summed E-state index contributed by atoms with van der Waals surface area (Å²) >= 11 is 0. The normalized spacial score (nSPS) is 44.1. The molecule has 0 spiro atoms. The minimum atomic E-state index is -0.624. The van der Waals surface area contributed by atoms with Gasteiger partial charge in [-0.15, -0.1) is 0 Å². The molecule has 8 atom stereocenters. The van der Waals surface area contributed by atoms with E-state index in [4.69, 9.17) is 4.42 Å². The van der Waals surface area contributed by atoms with Crippen molar-refractivity contribution < 1.29 is 14.3 Å². The number of aliphatic carboxylic acids is 1. The molecule has 1 aliphatic heterocycles. The van der Waals surface area contributed by atoms with E-state index in [1.54, 1.807) is 17.9 Å². The SMILES string of the molecule is C[C@]12CC[C@H](N3CCC[C@H]3C(=O)O)C[C@H]1CC[C@H]1C3=CC[C@H](c4ccc(=O)oc4)[C@@]3(C)CC[C@@H]12. The molecule has 0 radical (unpaired) electrons. The number of carbonyl (C=O) groups is 1. The molecule has 1 saturated heterocycles. The van der Waals surface area contributed by atoms with E-state index in [0.717, 1.165) is 38.1 Å². The zero-order chi connectivity index (χ0) is 23.7. The van der Waals surface area contributed by atoms with E-state index in [0.29, 0.717) is 29.2 Å². The van der Waals surface area contributed by atoms with E-state index in [-0.39, 0.29) is 17.1 Å². The summed E-state index contributed by atoms with van der Waals surface area (Å²) in [4.78, 5) is 25.6. The van der Waals surface area contributed by atoms with Gasteiger partial charge in [0.2, 0.25) is 0 Å². The summed E-state index contributed by atoms with van der Waals surface area (Å²) in [5.74, 6) is 1.93. The van der Waals surface area contributed by atoms with Crippen molar-refractivity contribution >= 4 is 5.97 Å². The van der Waals surface area contributed by atoms with Crippen LogP contribution < -0.4 is 5.63 Å². The lowest BCUT2D eigenvalue weighted by molar-refractivity contribution is -0.144. The maximum absolute atomic E-state index is 11.8. The number of carboxylic acids is 1. The molecule has 0 unspecified atom stereocenters. The third-order valence-electron chi connectivity index (χ3n) is 11.2. The summed E-state index contributed by atoms with van der Waals surface area (Å²) in [6, 6.07) is 3.74. The maximum atomic E-state index is 11.8. The summed E-state index contributed by atoms with van der Waals surface area (Å²) in [7, 11) is 0. The van der Waals surface area contributed by atoms with E-state index >= 15 is 0 Å². The first-order chi connectivity index (χ1) is 16.3. The Morgan fingerprint density at radius 3 is 2.74 bits per heavy atom. The van der Waals surface area contributed by atoms with E-state index < -0.39 is 5.97 Å². The van der Waals surface area contributed by atoms with Crippen LogP contribution in [0.5, 0.6) is 0 Å². The van der Waals surface area contributed by atoms with Gasteiger partial charge in [-0.25, -0.2) is 4.79 Å². The third kappa shape index (κ3) is 3.29. The zero-order valence-electron chi connectivity index (χ0n) is 20.7. The van der Waals surface area contributed by atoms with Gasteiger partial charge in [0.1, 0.15) is 6.04 Å². The van der Waals surface area contributed by atoms with Gasteiger partial charge in [0.25, 0.3) is 0 Å². The highest BCUT2D eigenvalue weighted by Gasteiger charge is 2.58. The van der Waals surface area contributed by atoms with Crippen molar-refractivity contribution in [2.45, 2.75) is 96.1 Å². The van der Waals surface area contributed by atoms with Crippen LogP contribution in [-0.2, 0) is 4.79 Å². The lowest BCUT2D eigenvalue weighted by Crippen LogP contribution is -2.54. The number of fused-ring (bicyclic) bond motifs is 5. The lowest BCUT2D eigenvalue weighted by atomic mass is 9.45. The van der Waals surface area contributed by atoms with Crippen molar-refractivity contribution in [1.29, 1.82) is 0 Å². The Morgan fingerprint density at radius 1 is 1.12 bits per heavy atom. The molecule has 184 valence electrons. The lowest BCUT2D eigenvalue weighted by Gasteiger charge is -2.60. The van der Waals surface area contributed by atoms with Crippen molar-refractivity contribution in [2.75, 3.05) is 6.54 Å². The smallest absolute Gasteiger partial charge is 0.335 e. The highest BCUT2D eigenvalue weighted by Crippen LogP contribution is 2.67. The van der Waals surface area contributed by atoms with Crippen molar-refractivity contribution in [2.24, 2.45) is 28.6 Å². The molecule has 4 fully saturated rings. The highest BCUT2D eigenvalue weighted by molar-refractivity contribution is 5.73. The number of nitrogens with zero attached hydrogens (tertiary/aromatic N) is 1. The molecular formula is C29H39NO4. The Kier molecular flexibility index (Phi) is 5.36. The molecule has 4 aliphatic carbocycles. The fraction of sp³-hybridized carbons (Fsp3) is 0.724. The summed E-state index contributed by atoms with van der Waals surface area (Å²) < 4.78 is 5.24. The van der Waals surface area contributed by atoms with Gasteiger partial charge >= 0.3 is 11.6 Å². The van der Waals surface area contributed by atoms with Gasteiger partial charge in [0, 0.05) is 12.1 Å². The van der Waals surface area contributed by atoms with E-state index in [2.05, 4.69) is 24.8 Å². The van der Waals surface area contributed by atoms with Crippen LogP contribution in [0, 0.1) is 28.6 Å². The summed E-state index contributed by atoms with van der Waals surface area (Å²) in [6.45, 7) is 6.00. The molecule has 0 bridgehead atoms. The molecule has 0 amide bonds. The van der Waals surface area contributed by atoms with E-state index in [9.17, 15) is 14.7 Å². The van der Waals surface area contributed by atoms with Crippen LogP contribution in [0.2, 0.25) is 0 Å². The molecule has 6 rings (SSSR count). The summed E-state index contributed by atoms with van der Waals surface area (Å²) in [5.41, 5.74) is 3.14. The second kappa shape index (κ2) is 8.08. The summed E-state index contributed by atoms with van der Waals surface area (Å²) in [5, 5.41) is 9.71. The van der Waals surface area contributed by atoms with Crippen LogP contribution in [0.25, 0.3) is 0 Å². The van der Waals surface area contributed by atoms with Crippen LogP contribution in [0.1, 0.15) is 89.5 Å². The number of hydrogen-bond donors (Lipinski definition) is 1. The molecule has 1 aromatic rings. The molecule has 2 heterocycles. The monoisotopic (exact) mass is 465 g/mol. The molecular weight excluding hydrogens is 426 g/mol. The first-order valence-corrected chi connectivity index (χ1v) is 13.6. The predicted molar refractivity (Wildman–Crippen MR) is 131 cm³/mol. The molecule has 0 aromatic carbocycles. The molecule has 34 heavy (non-hydrogen) atoms. The Hall–Kier alpha value is -1.88. The van der Waals surface area contributed by atoms with E-state index in [1.807, 2.05) is 6.07 Å². The largest absolute Gasteiger partial charge is 0.480 e. The van der Waals surface area contributed by atoms with Crippen molar-refractivity contribution in [3.8, 4) is 0 Å². The Labute approximate surface area is 202 Å². The van der Waals surface area contributed by atoms with Gasteiger partial charge in [-0.3, -0.25) is 9.69 Å². The van der Waals surface area contributed by atoms with Crippen LogP contribution in [0.4, 0.5) is 0 Å². The fourth-order valence-corrected chi connectivity index (χ4v) is 9.43. The average Bonchev–Trinajstić information content (AvgIpc) is 3.44. The average molecular weight is 466 g/mol. The van der Waals surface area contributed by atoms with Gasteiger partial charge in [0.15, 0.2) is 0 Å². The predicted octanol–water partition coefficient (Wildman–Crippen LogP) is 5.60. The minimum absolute atomic E-state index is 0.172. The number of likely N-dealkylation sites (tertiary alicyclic amines) is 1. The number of allylic oxidation sites excluding steroid dienone is 2. The van der Waals surface area contributed by atoms with Gasteiger partial charge in [-0.2, -0.15) is 0 Å². The quantitative estimate of drug-likeness (QED) is 0.588. The van der Waals surface area contributed by atoms with Crippen molar-refractivity contribution in [3.05, 3.63) is 46.0 Å². The summed E-state index contributed by atoms with van der Waals surface area (Å²) in [6.07, 6.45) is 15.8. The second-order valence-corrected chi connectivity index (χ2v) is 12.4. The van der Waals surface area contributed by atoms with Crippen molar-refractivity contribution in [1.82, 2.24) is 4.90 Å². The van der Waals surface area contributed by atoms with Crippen LogP contribution in [-0.4, -0.2) is 34.6 Å². The topological polar surface area (TPSA) is 70.8 Å². The standard InChI is InChI=1S/C29H39NO4/c1-28-13-11-20(30-15-3-4-25(30)27(32)33)16-19(28)6-7-21-23-9-8-22(18-5-10-26(31)34-17-18)29(23,2)14-12-24(21)28/h5,9-10,17,19-22,24-25H,3-4,6-8,11-16H2,1-2H3,(H,32,33)/t19-,20+,21+,22-,24+,25+,28+,29-/m1/s1. The van der Waals surface area contributed by atoms with Gasteiger partial charge in [0.05, 0.1) is 6.26 Å². The molecule has 5 aliphatic rings. The molecule has 1 N–H and O–H groups in total. The molecule has 1 aromatic heterocycles. The zero-order valence-corrected chi connectivity index (χ0v) is 20.7. The van der Waals surface area contributed by atoms with Crippen LogP contribution in [0.15, 0.2) is 39.3 Å². The van der Waals surface area contributed by atoms with Gasteiger partial charge in [-0.1, -0.05) is 25.5 Å². The number of carboxylic acid groups (broad SMARTS) is 1. The van der Waals surface area contributed by atoms with Crippen LogP contribution in [0.3, 0.4) is 0 Å². The number of rotatable bonds is 3. The second-order valence-electron chi connectivity index (χ2n) is 12.4. The Bertz CT molecular complexity index is 1040. The highest BCUT2D eigenvalue weighted by atomic mass is 16.4. The fourth-order valence-electron chi connectivity index (χ4n) is 9.43. The Morgan fingerprint density at radius 2 is 1.97 bits per heavy atom. The molecule has 3 saturated carbocycles. The first-order valence-electron chi connectivity index (χ1n) is 13.6. The van der Waals surface area contributed by atoms with Gasteiger partial charge in [-0.05, 0) is 117 Å². The van der Waals surface area contributed by atoms with Gasteiger partial charge < -0.3 is 9.52 Å². The first kappa shape index (κ1) is 22.6. The molecule has 5 nitrogen and oxygen atoms in total. The van der Waals surface area contributed by atoms with E-state index in [1.165, 1.54) is 44.1 Å². The third-order valence-corrected chi connectivity index (χ3v) is 11.2. The van der Waals surface area contributed by atoms with Crippen molar-refractivity contribution in [3.63, 3.8) is 0 Å².